The van der Waals surface area contributed by atoms with Crippen LogP contribution < -0.4 is 5.32 Å². The summed E-state index contributed by atoms with van der Waals surface area (Å²) in [6.45, 7) is 4.03. The maximum absolute atomic E-state index is 12.7. The normalized spacial score (nSPS) is 12.2. The van der Waals surface area contributed by atoms with Crippen molar-refractivity contribution in [2.24, 2.45) is 0 Å². The van der Waals surface area contributed by atoms with Crippen LogP contribution in [0.25, 0.3) is 0 Å². The number of nitrogens with one attached hydrogen (secondary N) is 1. The highest BCUT2D eigenvalue weighted by Gasteiger charge is 2.19. The largest absolute Gasteiger partial charge is 0.341 e. The zero-order chi connectivity index (χ0) is 17.8. The number of nitrogens with zero attached hydrogens (tertiary/aromatic N) is 3. The molecule has 25 heavy (non-hydrogen) atoms. The van der Waals surface area contributed by atoms with E-state index in [-0.39, 0.29) is 18.0 Å². The molecule has 0 fully saturated rings. The molecule has 0 radical (unpaired) electrons. The lowest BCUT2D eigenvalue weighted by Crippen LogP contribution is -2.29. The lowest BCUT2D eigenvalue weighted by atomic mass is 10.00. The molecule has 1 atom stereocenters. The molecule has 0 bridgehead atoms. The summed E-state index contributed by atoms with van der Waals surface area (Å²) < 4.78 is 1.76. The van der Waals surface area contributed by atoms with Gasteiger partial charge >= 0.3 is 0 Å². The molecule has 0 saturated carbocycles. The van der Waals surface area contributed by atoms with E-state index in [2.05, 4.69) is 15.4 Å². The first kappa shape index (κ1) is 17.2. The van der Waals surface area contributed by atoms with Crippen LogP contribution in [0.2, 0.25) is 5.02 Å². The smallest absolute Gasteiger partial charge is 0.255 e. The van der Waals surface area contributed by atoms with E-state index < -0.39 is 0 Å². The van der Waals surface area contributed by atoms with Crippen molar-refractivity contribution in [1.29, 1.82) is 0 Å². The Labute approximate surface area is 151 Å². The van der Waals surface area contributed by atoms with Crippen LogP contribution in [-0.4, -0.2) is 20.7 Å². The fourth-order valence-electron chi connectivity index (χ4n) is 2.51. The molecule has 128 valence electrons. The second kappa shape index (κ2) is 7.49. The Hall–Kier alpha value is -2.66. The van der Waals surface area contributed by atoms with Gasteiger partial charge in [-0.3, -0.25) is 14.5 Å². The maximum atomic E-state index is 12.7. The van der Waals surface area contributed by atoms with E-state index in [9.17, 15) is 4.79 Å². The molecule has 0 spiro atoms. The monoisotopic (exact) mass is 354 g/mol. The van der Waals surface area contributed by atoms with Crippen LogP contribution in [-0.2, 0) is 0 Å². The van der Waals surface area contributed by atoms with Crippen molar-refractivity contribution in [2.75, 3.05) is 0 Å². The van der Waals surface area contributed by atoms with Crippen molar-refractivity contribution in [3.8, 4) is 0 Å². The van der Waals surface area contributed by atoms with Gasteiger partial charge in [-0.1, -0.05) is 29.8 Å². The van der Waals surface area contributed by atoms with E-state index in [1.807, 2.05) is 50.2 Å². The van der Waals surface area contributed by atoms with Crippen molar-refractivity contribution in [1.82, 2.24) is 20.1 Å². The van der Waals surface area contributed by atoms with Crippen molar-refractivity contribution in [3.63, 3.8) is 0 Å². The van der Waals surface area contributed by atoms with Gasteiger partial charge in [0.05, 0.1) is 17.8 Å². The summed E-state index contributed by atoms with van der Waals surface area (Å²) >= 11 is 5.99. The minimum Gasteiger partial charge on any atom is -0.341 e. The van der Waals surface area contributed by atoms with Crippen LogP contribution in [0.5, 0.6) is 0 Å². The molecule has 0 unspecified atom stereocenters. The van der Waals surface area contributed by atoms with E-state index in [0.717, 1.165) is 11.1 Å². The Morgan fingerprint density at radius 2 is 1.88 bits per heavy atom. The Bertz CT molecular complexity index is 843. The van der Waals surface area contributed by atoms with E-state index in [1.54, 1.807) is 29.5 Å². The van der Waals surface area contributed by atoms with E-state index in [1.165, 1.54) is 0 Å². The second-order valence-electron chi connectivity index (χ2n) is 6.05. The van der Waals surface area contributed by atoms with E-state index >= 15 is 0 Å². The zero-order valence-electron chi connectivity index (χ0n) is 14.1. The van der Waals surface area contributed by atoms with Crippen molar-refractivity contribution in [2.45, 2.75) is 25.9 Å². The number of benzene rings is 1. The van der Waals surface area contributed by atoms with Gasteiger partial charge in [-0.05, 0) is 43.2 Å². The van der Waals surface area contributed by atoms with Crippen molar-refractivity contribution < 1.29 is 4.79 Å². The van der Waals surface area contributed by atoms with Crippen LogP contribution >= 0.6 is 11.6 Å². The molecular formula is C19H19ClN4O. The molecule has 0 aliphatic carbocycles. The Balaban J connectivity index is 1.89. The summed E-state index contributed by atoms with van der Waals surface area (Å²) in [6, 6.07) is 11.1. The first-order valence-electron chi connectivity index (χ1n) is 8.05. The van der Waals surface area contributed by atoms with Crippen molar-refractivity contribution in [3.05, 3.63) is 82.9 Å². The topological polar surface area (TPSA) is 59.8 Å². The third-order valence-electron chi connectivity index (χ3n) is 3.89. The third-order valence-corrected chi connectivity index (χ3v) is 4.14. The summed E-state index contributed by atoms with van der Waals surface area (Å²) in [5.41, 5.74) is 2.35. The molecule has 1 amide bonds. The van der Waals surface area contributed by atoms with Gasteiger partial charge in [-0.15, -0.1) is 0 Å². The summed E-state index contributed by atoms with van der Waals surface area (Å²) in [7, 11) is 0. The number of hydrogen-bond donors (Lipinski definition) is 1. The summed E-state index contributed by atoms with van der Waals surface area (Å²) in [4.78, 5) is 16.9. The third kappa shape index (κ3) is 4.06. The standard InChI is InChI=1S/C19H19ClN4O/c1-13(2)24-12-16(11-22-24)19(25)23-18(15-4-3-9-21-10-15)14-5-7-17(20)8-6-14/h3-13,18H,1-2H3,(H,23,25)/t18-/m1/s1. The maximum Gasteiger partial charge on any atom is 0.255 e. The molecule has 2 aromatic heterocycles. The number of halogens is 1. The van der Waals surface area contributed by atoms with E-state index in [4.69, 9.17) is 11.6 Å². The number of carbonyl (C=O) groups excluding carboxylic acids is 1. The fourth-order valence-corrected chi connectivity index (χ4v) is 2.64. The molecule has 2 heterocycles. The highest BCUT2D eigenvalue weighted by Crippen LogP contribution is 2.23. The van der Waals surface area contributed by atoms with Gasteiger partial charge in [0.2, 0.25) is 0 Å². The fraction of sp³-hybridized carbons (Fsp3) is 0.211. The molecule has 0 aliphatic heterocycles. The van der Waals surface area contributed by atoms with Crippen LogP contribution in [0, 0.1) is 0 Å². The molecular weight excluding hydrogens is 336 g/mol. The van der Waals surface area contributed by atoms with Crippen LogP contribution in [0.3, 0.4) is 0 Å². The second-order valence-corrected chi connectivity index (χ2v) is 6.48. The molecule has 5 nitrogen and oxygen atoms in total. The predicted molar refractivity (Wildman–Crippen MR) is 97.6 cm³/mol. The number of carbonyl (C=O) groups is 1. The number of amides is 1. The van der Waals surface area contributed by atoms with Gasteiger partial charge in [-0.25, -0.2) is 0 Å². The van der Waals surface area contributed by atoms with E-state index in [0.29, 0.717) is 10.6 Å². The predicted octanol–water partition coefficient (Wildman–Crippen LogP) is 4.03. The molecule has 1 N–H and O–H groups in total. The number of aromatic nitrogens is 3. The molecule has 6 heteroatoms. The Kier molecular flexibility index (Phi) is 5.14. The lowest BCUT2D eigenvalue weighted by Gasteiger charge is -2.19. The minimum absolute atomic E-state index is 0.185. The molecule has 3 rings (SSSR count). The zero-order valence-corrected chi connectivity index (χ0v) is 14.8. The lowest BCUT2D eigenvalue weighted by molar-refractivity contribution is 0.0943. The van der Waals surface area contributed by atoms with Gasteiger partial charge in [0.1, 0.15) is 0 Å². The Morgan fingerprint density at radius 3 is 2.48 bits per heavy atom. The minimum atomic E-state index is -0.319. The van der Waals surface area contributed by atoms with Gasteiger partial charge in [-0.2, -0.15) is 5.10 Å². The average molecular weight is 355 g/mol. The summed E-state index contributed by atoms with van der Waals surface area (Å²) in [5.74, 6) is -0.185. The van der Waals surface area contributed by atoms with Crippen molar-refractivity contribution >= 4 is 17.5 Å². The SMILES string of the molecule is CC(C)n1cc(C(=O)N[C@H](c2ccc(Cl)cc2)c2cccnc2)cn1. The Morgan fingerprint density at radius 1 is 1.12 bits per heavy atom. The molecule has 1 aromatic carbocycles. The highest BCUT2D eigenvalue weighted by atomic mass is 35.5. The van der Waals surface area contributed by atoms with Gasteiger partial charge in [0, 0.05) is 29.7 Å². The molecule has 0 aliphatic rings. The number of pyridine rings is 1. The first-order chi connectivity index (χ1) is 12.0. The van der Waals surface area contributed by atoms with Gasteiger partial charge < -0.3 is 5.32 Å². The van der Waals surface area contributed by atoms with Crippen LogP contribution in [0.1, 0.15) is 47.4 Å². The van der Waals surface area contributed by atoms with Crippen LogP contribution in [0.4, 0.5) is 0 Å². The average Bonchev–Trinajstić information content (AvgIpc) is 3.12. The summed E-state index contributed by atoms with van der Waals surface area (Å²) in [5, 5.41) is 7.94. The van der Waals surface area contributed by atoms with Crippen LogP contribution in [0.15, 0.2) is 61.2 Å². The van der Waals surface area contributed by atoms with Gasteiger partial charge in [0.25, 0.3) is 5.91 Å². The summed E-state index contributed by atoms with van der Waals surface area (Å²) in [6.07, 6.45) is 6.79. The number of hydrogen-bond acceptors (Lipinski definition) is 3. The first-order valence-corrected chi connectivity index (χ1v) is 8.43. The highest BCUT2D eigenvalue weighted by molar-refractivity contribution is 6.30. The molecule has 3 aromatic rings. The van der Waals surface area contributed by atoms with Gasteiger partial charge in [0.15, 0.2) is 0 Å². The number of rotatable bonds is 5. The quantitative estimate of drug-likeness (QED) is 0.752. The molecule has 0 saturated heterocycles.